The van der Waals surface area contributed by atoms with Crippen LogP contribution in [0.1, 0.15) is 38.8 Å². The first-order chi connectivity index (χ1) is 10.2. The summed E-state index contributed by atoms with van der Waals surface area (Å²) < 4.78 is 5.86. The van der Waals surface area contributed by atoms with Crippen molar-refractivity contribution < 1.29 is 9.53 Å². The summed E-state index contributed by atoms with van der Waals surface area (Å²) in [5.41, 5.74) is 2.14. The standard InChI is InChI=1S/C18H30N2O2/c1-7-20(13-17(21)19-18(4,5)6)10-11-22-16-12-14(2)8-9-15(16)3/h8-9,12H,7,10-11,13H2,1-6H3,(H,19,21). The van der Waals surface area contributed by atoms with Crippen LogP contribution in [0, 0.1) is 13.8 Å². The quantitative estimate of drug-likeness (QED) is 0.842. The fourth-order valence-electron chi connectivity index (χ4n) is 2.16. The molecule has 22 heavy (non-hydrogen) atoms. The van der Waals surface area contributed by atoms with Crippen LogP contribution in [-0.2, 0) is 4.79 Å². The molecule has 0 radical (unpaired) electrons. The lowest BCUT2D eigenvalue weighted by atomic mass is 10.1. The number of benzene rings is 1. The largest absolute Gasteiger partial charge is 0.492 e. The molecule has 4 heteroatoms. The molecule has 1 N–H and O–H groups in total. The summed E-state index contributed by atoms with van der Waals surface area (Å²) >= 11 is 0. The summed E-state index contributed by atoms with van der Waals surface area (Å²) in [6, 6.07) is 6.20. The normalized spacial score (nSPS) is 11.6. The van der Waals surface area contributed by atoms with E-state index in [4.69, 9.17) is 4.74 Å². The highest BCUT2D eigenvalue weighted by Crippen LogP contribution is 2.18. The average molecular weight is 306 g/mol. The van der Waals surface area contributed by atoms with Gasteiger partial charge in [0.15, 0.2) is 0 Å². The van der Waals surface area contributed by atoms with Crippen LogP contribution in [0.2, 0.25) is 0 Å². The van der Waals surface area contributed by atoms with Gasteiger partial charge in [-0.3, -0.25) is 9.69 Å². The second kappa shape index (κ2) is 8.18. The number of carbonyl (C=O) groups is 1. The van der Waals surface area contributed by atoms with Crippen molar-refractivity contribution in [1.29, 1.82) is 0 Å². The highest BCUT2D eigenvalue weighted by molar-refractivity contribution is 5.78. The van der Waals surface area contributed by atoms with Gasteiger partial charge in [-0.05, 0) is 58.4 Å². The topological polar surface area (TPSA) is 41.6 Å². The van der Waals surface area contributed by atoms with Crippen LogP contribution in [0.15, 0.2) is 18.2 Å². The molecule has 1 amide bonds. The van der Waals surface area contributed by atoms with Crippen LogP contribution < -0.4 is 10.1 Å². The maximum absolute atomic E-state index is 12.0. The smallest absolute Gasteiger partial charge is 0.234 e. The van der Waals surface area contributed by atoms with Crippen molar-refractivity contribution in [2.75, 3.05) is 26.2 Å². The molecule has 0 aliphatic rings. The molecule has 124 valence electrons. The molecule has 0 aliphatic carbocycles. The Morgan fingerprint density at radius 3 is 2.55 bits per heavy atom. The zero-order valence-corrected chi connectivity index (χ0v) is 14.8. The maximum Gasteiger partial charge on any atom is 0.234 e. The lowest BCUT2D eigenvalue weighted by Gasteiger charge is -2.25. The monoisotopic (exact) mass is 306 g/mol. The molecule has 0 heterocycles. The van der Waals surface area contributed by atoms with Gasteiger partial charge in [0.2, 0.25) is 5.91 Å². The molecule has 0 spiro atoms. The third-order valence-corrected chi connectivity index (χ3v) is 3.34. The molecule has 0 fully saturated rings. The maximum atomic E-state index is 12.0. The summed E-state index contributed by atoms with van der Waals surface area (Å²) in [7, 11) is 0. The Morgan fingerprint density at radius 1 is 1.27 bits per heavy atom. The Bertz CT molecular complexity index is 492. The van der Waals surface area contributed by atoms with E-state index in [2.05, 4.69) is 42.3 Å². The summed E-state index contributed by atoms with van der Waals surface area (Å²) in [5, 5.41) is 2.99. The first kappa shape index (κ1) is 18.5. The van der Waals surface area contributed by atoms with Gasteiger partial charge in [-0.15, -0.1) is 0 Å². The van der Waals surface area contributed by atoms with Crippen LogP contribution >= 0.6 is 0 Å². The number of likely N-dealkylation sites (N-methyl/N-ethyl adjacent to an activating group) is 1. The van der Waals surface area contributed by atoms with Crippen LogP contribution in [0.4, 0.5) is 0 Å². The second-order valence-corrected chi connectivity index (χ2v) is 6.78. The van der Waals surface area contributed by atoms with Gasteiger partial charge in [0.1, 0.15) is 12.4 Å². The number of carbonyl (C=O) groups excluding carboxylic acids is 1. The van der Waals surface area contributed by atoms with Crippen LogP contribution in [-0.4, -0.2) is 42.6 Å². The van der Waals surface area contributed by atoms with Gasteiger partial charge in [-0.1, -0.05) is 19.1 Å². The highest BCUT2D eigenvalue weighted by atomic mass is 16.5. The molecular formula is C18H30N2O2. The third-order valence-electron chi connectivity index (χ3n) is 3.34. The van der Waals surface area contributed by atoms with Crippen LogP contribution in [0.5, 0.6) is 5.75 Å². The van der Waals surface area contributed by atoms with E-state index < -0.39 is 0 Å². The fraction of sp³-hybridized carbons (Fsp3) is 0.611. The molecule has 1 aromatic carbocycles. The number of nitrogens with one attached hydrogen (secondary N) is 1. The Kier molecular flexibility index (Phi) is 6.88. The molecule has 0 aromatic heterocycles. The van der Waals surface area contributed by atoms with Crippen LogP contribution in [0.3, 0.4) is 0 Å². The summed E-state index contributed by atoms with van der Waals surface area (Å²) in [6.45, 7) is 14.7. The number of aryl methyl sites for hydroxylation is 2. The molecule has 1 rings (SSSR count). The number of hydrogen-bond acceptors (Lipinski definition) is 3. The van der Waals surface area contributed by atoms with Gasteiger partial charge < -0.3 is 10.1 Å². The van der Waals surface area contributed by atoms with E-state index in [1.54, 1.807) is 0 Å². The first-order valence-electron chi connectivity index (χ1n) is 7.94. The van der Waals surface area contributed by atoms with E-state index in [0.717, 1.165) is 24.4 Å². The van der Waals surface area contributed by atoms with Gasteiger partial charge >= 0.3 is 0 Å². The Hall–Kier alpha value is -1.55. The Labute approximate surface area is 134 Å². The highest BCUT2D eigenvalue weighted by Gasteiger charge is 2.16. The van der Waals surface area contributed by atoms with Gasteiger partial charge in [0.25, 0.3) is 0 Å². The molecule has 0 atom stereocenters. The number of ether oxygens (including phenoxy) is 1. The number of amides is 1. The number of hydrogen-bond donors (Lipinski definition) is 1. The van der Waals surface area contributed by atoms with E-state index in [0.29, 0.717) is 13.2 Å². The summed E-state index contributed by atoms with van der Waals surface area (Å²) in [6.07, 6.45) is 0. The predicted molar refractivity (Wildman–Crippen MR) is 91.4 cm³/mol. The van der Waals surface area contributed by atoms with Crippen LogP contribution in [0.25, 0.3) is 0 Å². The van der Waals surface area contributed by atoms with Crippen molar-refractivity contribution in [3.8, 4) is 5.75 Å². The minimum absolute atomic E-state index is 0.0566. The fourth-order valence-corrected chi connectivity index (χ4v) is 2.16. The Balaban J connectivity index is 2.44. The second-order valence-electron chi connectivity index (χ2n) is 6.78. The van der Waals surface area contributed by atoms with Gasteiger partial charge in [0.05, 0.1) is 6.54 Å². The average Bonchev–Trinajstić information content (AvgIpc) is 2.39. The van der Waals surface area contributed by atoms with Crippen molar-refractivity contribution in [2.24, 2.45) is 0 Å². The van der Waals surface area contributed by atoms with E-state index in [9.17, 15) is 4.79 Å². The third kappa shape index (κ3) is 6.94. The van der Waals surface area contributed by atoms with E-state index in [-0.39, 0.29) is 11.4 Å². The zero-order chi connectivity index (χ0) is 16.8. The van der Waals surface area contributed by atoms with Crippen molar-refractivity contribution in [3.05, 3.63) is 29.3 Å². The molecule has 0 saturated carbocycles. The molecule has 0 saturated heterocycles. The molecule has 0 aliphatic heterocycles. The number of rotatable bonds is 7. The minimum atomic E-state index is -0.189. The number of nitrogens with zero attached hydrogens (tertiary/aromatic N) is 1. The van der Waals surface area contributed by atoms with Crippen molar-refractivity contribution >= 4 is 5.91 Å². The first-order valence-corrected chi connectivity index (χ1v) is 7.94. The van der Waals surface area contributed by atoms with E-state index in [1.807, 2.05) is 27.7 Å². The van der Waals surface area contributed by atoms with Crippen molar-refractivity contribution in [2.45, 2.75) is 47.1 Å². The summed E-state index contributed by atoms with van der Waals surface area (Å²) in [5.74, 6) is 0.983. The molecule has 0 unspecified atom stereocenters. The van der Waals surface area contributed by atoms with Crippen molar-refractivity contribution in [1.82, 2.24) is 10.2 Å². The zero-order valence-electron chi connectivity index (χ0n) is 14.8. The SMILES string of the molecule is CCN(CCOc1cc(C)ccc1C)CC(=O)NC(C)(C)C. The van der Waals surface area contributed by atoms with Crippen molar-refractivity contribution in [3.63, 3.8) is 0 Å². The molecule has 0 bridgehead atoms. The lowest BCUT2D eigenvalue weighted by molar-refractivity contribution is -0.123. The van der Waals surface area contributed by atoms with E-state index in [1.165, 1.54) is 5.56 Å². The summed E-state index contributed by atoms with van der Waals surface area (Å²) in [4.78, 5) is 14.1. The minimum Gasteiger partial charge on any atom is -0.492 e. The lowest BCUT2D eigenvalue weighted by Crippen LogP contribution is -2.46. The molecule has 4 nitrogen and oxygen atoms in total. The van der Waals surface area contributed by atoms with Gasteiger partial charge in [-0.25, -0.2) is 0 Å². The predicted octanol–water partition coefficient (Wildman–Crippen LogP) is 2.92. The van der Waals surface area contributed by atoms with Gasteiger partial charge in [-0.2, -0.15) is 0 Å². The molecule has 1 aromatic rings. The molecular weight excluding hydrogens is 276 g/mol. The van der Waals surface area contributed by atoms with E-state index >= 15 is 0 Å². The van der Waals surface area contributed by atoms with Gasteiger partial charge in [0, 0.05) is 12.1 Å². The Morgan fingerprint density at radius 2 is 1.95 bits per heavy atom.